The lowest BCUT2D eigenvalue weighted by atomic mass is 10.2. The van der Waals surface area contributed by atoms with Crippen LogP contribution in [0, 0.1) is 0 Å². The van der Waals surface area contributed by atoms with E-state index in [9.17, 15) is 9.59 Å². The van der Waals surface area contributed by atoms with Gasteiger partial charge in [0.1, 0.15) is 11.1 Å². The maximum absolute atomic E-state index is 12.5. The minimum atomic E-state index is -0.665. The van der Waals surface area contributed by atoms with E-state index in [1.165, 1.54) is 17.4 Å². The predicted molar refractivity (Wildman–Crippen MR) is 102 cm³/mol. The number of aromatic nitrogens is 1. The van der Waals surface area contributed by atoms with E-state index in [4.69, 9.17) is 4.42 Å². The third-order valence-corrected chi connectivity index (χ3v) is 5.41. The molecule has 0 saturated carbocycles. The zero-order valence-corrected chi connectivity index (χ0v) is 14.7. The number of nitrogens with zero attached hydrogens (tertiary/aromatic N) is 1. The minimum Gasteiger partial charge on any atom is -0.422 e. The number of thiazole rings is 1. The van der Waals surface area contributed by atoms with E-state index in [0.717, 1.165) is 15.1 Å². The van der Waals surface area contributed by atoms with Crippen molar-refractivity contribution in [1.29, 1.82) is 0 Å². The van der Waals surface area contributed by atoms with E-state index < -0.39 is 11.5 Å². The molecule has 124 valence electrons. The summed E-state index contributed by atoms with van der Waals surface area (Å²) in [5.41, 5.74) is 0.597. The van der Waals surface area contributed by atoms with Crippen LogP contribution in [0.15, 0.2) is 62.6 Å². The van der Waals surface area contributed by atoms with Crippen LogP contribution >= 0.6 is 23.1 Å². The van der Waals surface area contributed by atoms with Crippen LogP contribution in [0.1, 0.15) is 10.4 Å². The fraction of sp³-hybridized carbons (Fsp3) is 0.0556. The first-order chi connectivity index (χ1) is 12.2. The lowest BCUT2D eigenvalue weighted by molar-refractivity contribution is 0.102. The predicted octanol–water partition coefficient (Wildman–Crippen LogP) is 4.38. The van der Waals surface area contributed by atoms with Crippen LogP contribution in [0.25, 0.3) is 21.2 Å². The summed E-state index contributed by atoms with van der Waals surface area (Å²) < 4.78 is 6.19. The Bertz CT molecular complexity index is 1160. The second kappa shape index (κ2) is 6.34. The molecule has 4 aromatic rings. The molecule has 0 aliphatic carbocycles. The number of fused-ring (bicyclic) bond motifs is 2. The Morgan fingerprint density at radius 2 is 2.04 bits per heavy atom. The number of rotatable bonds is 3. The molecule has 0 aliphatic rings. The summed E-state index contributed by atoms with van der Waals surface area (Å²) in [5.74, 6) is -0.524. The number of nitrogens with one attached hydrogen (secondary N) is 1. The van der Waals surface area contributed by atoms with Crippen molar-refractivity contribution in [2.45, 2.75) is 4.90 Å². The number of anilines is 1. The molecule has 0 spiro atoms. The van der Waals surface area contributed by atoms with Crippen LogP contribution in [0.5, 0.6) is 0 Å². The molecule has 0 atom stereocenters. The number of thioether (sulfide) groups is 1. The lowest BCUT2D eigenvalue weighted by Gasteiger charge is -2.02. The summed E-state index contributed by atoms with van der Waals surface area (Å²) in [6, 6.07) is 14.5. The van der Waals surface area contributed by atoms with Gasteiger partial charge in [-0.1, -0.05) is 35.6 Å². The van der Waals surface area contributed by atoms with E-state index in [2.05, 4.69) is 10.3 Å². The van der Waals surface area contributed by atoms with E-state index in [-0.39, 0.29) is 5.56 Å². The highest BCUT2D eigenvalue weighted by molar-refractivity contribution is 7.98. The van der Waals surface area contributed by atoms with Crippen molar-refractivity contribution in [1.82, 2.24) is 4.98 Å². The van der Waals surface area contributed by atoms with E-state index in [1.807, 2.05) is 30.5 Å². The quantitative estimate of drug-likeness (QED) is 0.429. The molecule has 2 aromatic heterocycles. The third kappa shape index (κ3) is 2.92. The van der Waals surface area contributed by atoms with Crippen LogP contribution in [0.3, 0.4) is 0 Å². The number of benzene rings is 2. The summed E-state index contributed by atoms with van der Waals surface area (Å²) in [6.45, 7) is 0. The Balaban J connectivity index is 1.70. The molecular formula is C18H12N2O3S2. The topological polar surface area (TPSA) is 72.2 Å². The van der Waals surface area contributed by atoms with Crippen molar-refractivity contribution < 1.29 is 9.21 Å². The highest BCUT2D eigenvalue weighted by Crippen LogP contribution is 2.32. The SMILES string of the molecule is CSc1cccc2sc(NC(=O)c3cc4ccccc4oc3=O)nc12. The van der Waals surface area contributed by atoms with Crippen molar-refractivity contribution in [3.05, 3.63) is 64.5 Å². The molecule has 4 rings (SSSR count). The van der Waals surface area contributed by atoms with Crippen molar-refractivity contribution in [2.24, 2.45) is 0 Å². The van der Waals surface area contributed by atoms with Gasteiger partial charge in [-0.2, -0.15) is 0 Å². The first-order valence-corrected chi connectivity index (χ1v) is 9.47. The Hall–Kier alpha value is -2.64. The average Bonchev–Trinajstić information content (AvgIpc) is 3.03. The van der Waals surface area contributed by atoms with Gasteiger partial charge in [0, 0.05) is 10.3 Å². The van der Waals surface area contributed by atoms with Crippen LogP contribution in [-0.2, 0) is 0 Å². The van der Waals surface area contributed by atoms with Gasteiger partial charge in [-0.05, 0) is 30.5 Å². The maximum atomic E-state index is 12.5. The summed E-state index contributed by atoms with van der Waals surface area (Å²) >= 11 is 2.97. The first-order valence-electron chi connectivity index (χ1n) is 7.43. The summed E-state index contributed by atoms with van der Waals surface area (Å²) in [7, 11) is 0. The number of carbonyl (C=O) groups is 1. The normalized spacial score (nSPS) is 11.1. The smallest absolute Gasteiger partial charge is 0.349 e. The van der Waals surface area contributed by atoms with Gasteiger partial charge in [0.25, 0.3) is 5.91 Å². The molecule has 0 saturated heterocycles. The molecule has 7 heteroatoms. The van der Waals surface area contributed by atoms with Crippen molar-refractivity contribution in [3.63, 3.8) is 0 Å². The molecule has 5 nitrogen and oxygen atoms in total. The lowest BCUT2D eigenvalue weighted by Crippen LogP contribution is -2.20. The Labute approximate surface area is 150 Å². The molecule has 1 N–H and O–H groups in total. The molecule has 0 unspecified atom stereocenters. The van der Waals surface area contributed by atoms with Gasteiger partial charge in [-0.25, -0.2) is 9.78 Å². The van der Waals surface area contributed by atoms with Gasteiger partial charge in [0.05, 0.1) is 10.2 Å². The number of carbonyl (C=O) groups excluding carboxylic acids is 1. The summed E-state index contributed by atoms with van der Waals surface area (Å²) in [5, 5.41) is 3.85. The average molecular weight is 368 g/mol. The Morgan fingerprint density at radius 1 is 1.20 bits per heavy atom. The van der Waals surface area contributed by atoms with Gasteiger partial charge in [0.15, 0.2) is 5.13 Å². The van der Waals surface area contributed by atoms with Crippen LogP contribution in [0.4, 0.5) is 5.13 Å². The second-order valence-corrected chi connectivity index (χ2v) is 7.14. The number of hydrogen-bond donors (Lipinski definition) is 1. The second-order valence-electron chi connectivity index (χ2n) is 5.27. The van der Waals surface area contributed by atoms with Gasteiger partial charge >= 0.3 is 5.63 Å². The summed E-state index contributed by atoms with van der Waals surface area (Å²) in [4.78, 5) is 30.1. The third-order valence-electron chi connectivity index (χ3n) is 3.71. The zero-order chi connectivity index (χ0) is 17.4. The molecule has 25 heavy (non-hydrogen) atoms. The summed E-state index contributed by atoms with van der Waals surface area (Å²) in [6.07, 6.45) is 1.98. The fourth-order valence-corrected chi connectivity index (χ4v) is 4.04. The van der Waals surface area contributed by atoms with E-state index >= 15 is 0 Å². The Morgan fingerprint density at radius 3 is 2.88 bits per heavy atom. The molecular weight excluding hydrogens is 356 g/mol. The van der Waals surface area contributed by atoms with Gasteiger partial charge in [-0.3, -0.25) is 10.1 Å². The molecule has 0 radical (unpaired) electrons. The van der Waals surface area contributed by atoms with E-state index in [0.29, 0.717) is 16.1 Å². The monoisotopic (exact) mass is 368 g/mol. The van der Waals surface area contributed by atoms with Crippen molar-refractivity contribution >= 4 is 55.3 Å². The standard InChI is InChI=1S/C18H12N2O3S2/c1-24-13-7-4-8-14-15(13)19-18(25-14)20-16(21)11-9-10-5-2-3-6-12(10)23-17(11)22/h2-9H,1H3,(H,19,20,21). The minimum absolute atomic E-state index is 0.0388. The molecule has 2 aromatic carbocycles. The van der Waals surface area contributed by atoms with Crippen molar-refractivity contribution in [2.75, 3.05) is 11.6 Å². The number of amides is 1. The molecule has 1 amide bonds. The Kier molecular flexibility index (Phi) is 4.03. The van der Waals surface area contributed by atoms with Crippen LogP contribution < -0.4 is 10.9 Å². The van der Waals surface area contributed by atoms with Crippen LogP contribution in [-0.4, -0.2) is 17.1 Å². The van der Waals surface area contributed by atoms with Gasteiger partial charge < -0.3 is 4.42 Å². The van der Waals surface area contributed by atoms with Gasteiger partial charge in [-0.15, -0.1) is 11.8 Å². The molecule has 0 fully saturated rings. The zero-order valence-electron chi connectivity index (χ0n) is 13.1. The first kappa shape index (κ1) is 15.9. The maximum Gasteiger partial charge on any atom is 0.349 e. The van der Waals surface area contributed by atoms with Crippen molar-refractivity contribution in [3.8, 4) is 0 Å². The van der Waals surface area contributed by atoms with Gasteiger partial charge in [0.2, 0.25) is 0 Å². The highest BCUT2D eigenvalue weighted by atomic mass is 32.2. The largest absolute Gasteiger partial charge is 0.422 e. The van der Waals surface area contributed by atoms with Crippen LogP contribution in [0.2, 0.25) is 0 Å². The molecule has 0 bridgehead atoms. The number of para-hydroxylation sites is 2. The molecule has 0 aliphatic heterocycles. The van der Waals surface area contributed by atoms with E-state index in [1.54, 1.807) is 30.0 Å². The fourth-order valence-electron chi connectivity index (χ4n) is 2.53. The molecule has 2 heterocycles. The highest BCUT2D eigenvalue weighted by Gasteiger charge is 2.16. The number of hydrogen-bond acceptors (Lipinski definition) is 6.